The summed E-state index contributed by atoms with van der Waals surface area (Å²) in [6, 6.07) is 7.07. The Morgan fingerprint density at radius 1 is 1.08 bits per heavy atom. The number of aromatic nitrogens is 2. The molecule has 202 valence electrons. The van der Waals surface area contributed by atoms with Crippen LogP contribution in [-0.4, -0.2) is 48.2 Å². The minimum atomic E-state index is -3.00. The molecular weight excluding hydrogens is 510 g/mol. The van der Waals surface area contributed by atoms with Crippen molar-refractivity contribution in [3.05, 3.63) is 65.5 Å². The molecule has 0 atom stereocenters. The summed E-state index contributed by atoms with van der Waals surface area (Å²) < 4.78 is 76.9. The molecule has 2 aromatic carbocycles. The summed E-state index contributed by atoms with van der Waals surface area (Å²) in [7, 11) is 1.29. The molecule has 8 nitrogen and oxygen atoms in total. The SMILES string of the molecule is COc1cc(F)c(-n2cc(C3CCC4(CC3)OCCO4)nc2NC(=O)c2ccc(OC(F)F)cc2)c(F)c1. The minimum absolute atomic E-state index is 0.00470. The Hall–Kier alpha value is -3.64. The Morgan fingerprint density at radius 2 is 1.71 bits per heavy atom. The quantitative estimate of drug-likeness (QED) is 0.407. The van der Waals surface area contributed by atoms with Gasteiger partial charge >= 0.3 is 6.61 Å². The van der Waals surface area contributed by atoms with Crippen LogP contribution in [0.25, 0.3) is 5.69 Å². The molecule has 12 heteroatoms. The van der Waals surface area contributed by atoms with Gasteiger partial charge in [0.25, 0.3) is 5.91 Å². The summed E-state index contributed by atoms with van der Waals surface area (Å²) >= 11 is 0. The van der Waals surface area contributed by atoms with E-state index in [2.05, 4.69) is 15.0 Å². The number of rotatable bonds is 7. The Kier molecular flexibility index (Phi) is 7.26. The van der Waals surface area contributed by atoms with E-state index < -0.39 is 35.6 Å². The summed E-state index contributed by atoms with van der Waals surface area (Å²) in [4.78, 5) is 17.5. The second kappa shape index (κ2) is 10.6. The van der Waals surface area contributed by atoms with Crippen molar-refractivity contribution in [1.29, 1.82) is 0 Å². The molecular formula is C26H25F4N3O5. The summed E-state index contributed by atoms with van der Waals surface area (Å²) in [5, 5.41) is 2.59. The number of imidazole rings is 1. The van der Waals surface area contributed by atoms with Crippen LogP contribution in [0.1, 0.15) is 47.7 Å². The van der Waals surface area contributed by atoms with E-state index in [1.165, 1.54) is 37.6 Å². The lowest BCUT2D eigenvalue weighted by atomic mass is 9.83. The Labute approximate surface area is 215 Å². The van der Waals surface area contributed by atoms with Crippen molar-refractivity contribution in [1.82, 2.24) is 9.55 Å². The summed E-state index contributed by atoms with van der Waals surface area (Å²) in [5.41, 5.74) is 0.215. The maximum Gasteiger partial charge on any atom is 0.387 e. The Balaban J connectivity index is 1.45. The smallest absolute Gasteiger partial charge is 0.387 e. The van der Waals surface area contributed by atoms with E-state index in [1.807, 2.05) is 0 Å². The highest BCUT2D eigenvalue weighted by Crippen LogP contribution is 2.42. The average Bonchev–Trinajstić information content (AvgIpc) is 3.51. The van der Waals surface area contributed by atoms with E-state index in [1.54, 1.807) is 0 Å². The zero-order chi connectivity index (χ0) is 26.9. The van der Waals surface area contributed by atoms with E-state index >= 15 is 8.78 Å². The second-order valence-electron chi connectivity index (χ2n) is 9.04. The fourth-order valence-electron chi connectivity index (χ4n) is 4.84. The first-order valence-electron chi connectivity index (χ1n) is 12.0. The lowest BCUT2D eigenvalue weighted by Crippen LogP contribution is -2.34. The molecule has 0 unspecified atom stereocenters. The number of ether oxygens (including phenoxy) is 4. The molecule has 1 saturated heterocycles. The standard InChI is InChI=1S/C26H25F4N3O5/c1-35-18-12-19(27)22(20(28)13-18)33-14-21(15-6-8-26(9-7-15)36-10-11-37-26)31-25(33)32-23(34)16-2-4-17(5-3-16)38-24(29)30/h2-5,12-15,24H,6-11H2,1H3,(H,31,32,34). The van der Waals surface area contributed by atoms with Gasteiger partial charge in [0, 0.05) is 42.7 Å². The molecule has 0 radical (unpaired) electrons. The van der Waals surface area contributed by atoms with Crippen molar-refractivity contribution in [3.8, 4) is 17.2 Å². The monoisotopic (exact) mass is 535 g/mol. The lowest BCUT2D eigenvalue weighted by Gasteiger charge is -2.34. The molecule has 5 rings (SSSR count). The van der Waals surface area contributed by atoms with E-state index in [4.69, 9.17) is 14.2 Å². The molecule has 3 aromatic rings. The summed E-state index contributed by atoms with van der Waals surface area (Å²) in [5.74, 6) is -3.35. The van der Waals surface area contributed by atoms with Crippen LogP contribution in [0.4, 0.5) is 23.5 Å². The fraction of sp³-hybridized carbons (Fsp3) is 0.385. The molecule has 1 saturated carbocycles. The zero-order valence-corrected chi connectivity index (χ0v) is 20.4. The lowest BCUT2D eigenvalue weighted by molar-refractivity contribution is -0.178. The first-order chi connectivity index (χ1) is 18.3. The molecule has 38 heavy (non-hydrogen) atoms. The number of hydrogen-bond donors (Lipinski definition) is 1. The number of halogens is 4. The maximum absolute atomic E-state index is 15.0. The van der Waals surface area contributed by atoms with Crippen LogP contribution in [0, 0.1) is 11.6 Å². The van der Waals surface area contributed by atoms with E-state index in [0.717, 1.165) is 16.7 Å². The normalized spacial score (nSPS) is 17.2. The first kappa shape index (κ1) is 26.0. The average molecular weight is 535 g/mol. The van der Waals surface area contributed by atoms with Crippen molar-refractivity contribution in [2.75, 3.05) is 25.6 Å². The maximum atomic E-state index is 15.0. The van der Waals surface area contributed by atoms with Crippen LogP contribution in [0.15, 0.2) is 42.6 Å². The van der Waals surface area contributed by atoms with Gasteiger partial charge in [-0.25, -0.2) is 13.8 Å². The topological polar surface area (TPSA) is 83.8 Å². The molecule has 1 spiro atoms. The van der Waals surface area contributed by atoms with Gasteiger partial charge in [-0.05, 0) is 37.1 Å². The van der Waals surface area contributed by atoms with Gasteiger partial charge < -0.3 is 18.9 Å². The Bertz CT molecular complexity index is 1280. The number of nitrogens with zero attached hydrogens (tertiary/aromatic N) is 2. The fourth-order valence-corrected chi connectivity index (χ4v) is 4.84. The molecule has 1 aliphatic carbocycles. The van der Waals surface area contributed by atoms with Crippen molar-refractivity contribution in [3.63, 3.8) is 0 Å². The van der Waals surface area contributed by atoms with Crippen LogP contribution in [0.3, 0.4) is 0 Å². The zero-order valence-electron chi connectivity index (χ0n) is 20.4. The van der Waals surface area contributed by atoms with E-state index in [-0.39, 0.29) is 28.9 Å². The van der Waals surface area contributed by atoms with Crippen molar-refractivity contribution in [2.45, 2.75) is 44.0 Å². The van der Waals surface area contributed by atoms with Crippen LogP contribution in [-0.2, 0) is 9.47 Å². The number of hydrogen-bond acceptors (Lipinski definition) is 6. The van der Waals surface area contributed by atoms with Gasteiger partial charge in [-0.3, -0.25) is 14.7 Å². The number of alkyl halides is 2. The number of nitrogens with one attached hydrogen (secondary N) is 1. The van der Waals surface area contributed by atoms with Crippen molar-refractivity contribution < 1.29 is 41.3 Å². The van der Waals surface area contributed by atoms with Gasteiger partial charge in [0.2, 0.25) is 5.95 Å². The van der Waals surface area contributed by atoms with Crippen LogP contribution < -0.4 is 14.8 Å². The number of carbonyl (C=O) groups excluding carboxylic acids is 1. The second-order valence-corrected chi connectivity index (χ2v) is 9.04. The third kappa shape index (κ3) is 5.32. The summed E-state index contributed by atoms with van der Waals surface area (Å²) in [6.45, 7) is -1.92. The molecule has 1 N–H and O–H groups in total. The Morgan fingerprint density at radius 3 is 2.29 bits per heavy atom. The van der Waals surface area contributed by atoms with Crippen LogP contribution in [0.2, 0.25) is 0 Å². The van der Waals surface area contributed by atoms with E-state index in [9.17, 15) is 13.6 Å². The third-order valence-electron chi connectivity index (χ3n) is 6.74. The van der Waals surface area contributed by atoms with Crippen LogP contribution >= 0.6 is 0 Å². The van der Waals surface area contributed by atoms with Gasteiger partial charge in [0.05, 0.1) is 26.0 Å². The largest absolute Gasteiger partial charge is 0.497 e. The number of anilines is 1. The molecule has 1 amide bonds. The van der Waals surface area contributed by atoms with E-state index in [0.29, 0.717) is 44.6 Å². The highest BCUT2D eigenvalue weighted by atomic mass is 19.3. The van der Waals surface area contributed by atoms with Gasteiger partial charge in [-0.2, -0.15) is 8.78 Å². The molecule has 2 heterocycles. The number of benzene rings is 2. The molecule has 0 bridgehead atoms. The molecule has 2 aliphatic rings. The first-order valence-corrected chi connectivity index (χ1v) is 12.0. The predicted octanol–water partition coefficient (Wildman–Crippen LogP) is 5.41. The predicted molar refractivity (Wildman–Crippen MR) is 127 cm³/mol. The van der Waals surface area contributed by atoms with Crippen LogP contribution in [0.5, 0.6) is 11.5 Å². The van der Waals surface area contributed by atoms with Crippen molar-refractivity contribution >= 4 is 11.9 Å². The molecule has 1 aliphatic heterocycles. The minimum Gasteiger partial charge on any atom is -0.497 e. The number of methoxy groups -OCH3 is 1. The van der Waals surface area contributed by atoms with Gasteiger partial charge in [-0.15, -0.1) is 0 Å². The molecule has 1 aromatic heterocycles. The highest BCUT2D eigenvalue weighted by molar-refractivity contribution is 6.03. The number of carbonyl (C=O) groups is 1. The molecule has 2 fully saturated rings. The third-order valence-corrected chi connectivity index (χ3v) is 6.74. The number of amides is 1. The van der Waals surface area contributed by atoms with Gasteiger partial charge in [-0.1, -0.05) is 0 Å². The summed E-state index contributed by atoms with van der Waals surface area (Å²) in [6.07, 6.45) is 4.13. The van der Waals surface area contributed by atoms with Gasteiger partial charge in [0.15, 0.2) is 17.4 Å². The highest BCUT2D eigenvalue weighted by Gasteiger charge is 2.41. The van der Waals surface area contributed by atoms with Crippen molar-refractivity contribution in [2.24, 2.45) is 0 Å². The van der Waals surface area contributed by atoms with Gasteiger partial charge in [0.1, 0.15) is 17.2 Å².